The summed E-state index contributed by atoms with van der Waals surface area (Å²) in [5.41, 5.74) is 13.8. The van der Waals surface area contributed by atoms with Crippen molar-refractivity contribution in [1.29, 1.82) is 0 Å². The van der Waals surface area contributed by atoms with Crippen LogP contribution in [-0.2, 0) is 5.41 Å². The Morgan fingerprint density at radius 3 is 1.74 bits per heavy atom. The maximum Gasteiger partial charge on any atom is 0.161 e. The molecule has 10 aromatic rings. The Labute approximate surface area is 334 Å². The fourth-order valence-corrected chi connectivity index (χ4v) is 10.5. The second kappa shape index (κ2) is 12.4. The summed E-state index contributed by atoms with van der Waals surface area (Å²) < 4.78 is 9.29. The molecule has 3 heterocycles. The van der Waals surface area contributed by atoms with E-state index in [9.17, 15) is 0 Å². The van der Waals surface area contributed by atoms with E-state index in [0.717, 1.165) is 61.8 Å². The summed E-state index contributed by atoms with van der Waals surface area (Å²) in [6, 6.07) is 69.4. The van der Waals surface area contributed by atoms with Crippen LogP contribution in [0.4, 0.5) is 0 Å². The van der Waals surface area contributed by atoms with Gasteiger partial charge in [0.1, 0.15) is 11.5 Å². The maximum absolute atomic E-state index is 6.76. The maximum atomic E-state index is 6.76. The second-order valence-corrected chi connectivity index (χ2v) is 15.9. The van der Waals surface area contributed by atoms with Crippen LogP contribution < -0.4 is 4.74 Å². The number of aromatic nitrogens is 2. The third kappa shape index (κ3) is 4.78. The predicted molar refractivity (Wildman–Crippen MR) is 234 cm³/mol. The van der Waals surface area contributed by atoms with Gasteiger partial charge in [0, 0.05) is 48.0 Å². The first kappa shape index (κ1) is 32.1. The molecule has 57 heavy (non-hydrogen) atoms. The summed E-state index contributed by atoms with van der Waals surface area (Å²) in [4.78, 5) is 10.7. The van der Waals surface area contributed by atoms with Crippen LogP contribution in [0.15, 0.2) is 194 Å². The molecule has 12 rings (SSSR count). The van der Waals surface area contributed by atoms with Crippen LogP contribution in [0.5, 0.6) is 11.5 Å². The summed E-state index contributed by atoms with van der Waals surface area (Å²) >= 11 is 1.82. The number of benzene rings is 8. The Morgan fingerprint density at radius 2 is 0.947 bits per heavy atom. The zero-order valence-corrected chi connectivity index (χ0v) is 31.5. The molecule has 0 saturated carbocycles. The molecule has 0 N–H and O–H groups in total. The molecule has 0 fully saturated rings. The largest absolute Gasteiger partial charge is 0.457 e. The van der Waals surface area contributed by atoms with Gasteiger partial charge in [0.2, 0.25) is 0 Å². The molecule has 0 radical (unpaired) electrons. The minimum absolute atomic E-state index is 0.551. The van der Waals surface area contributed by atoms with Gasteiger partial charge in [-0.15, -0.1) is 11.3 Å². The monoisotopic (exact) mass is 744 g/mol. The Balaban J connectivity index is 1.07. The van der Waals surface area contributed by atoms with Crippen molar-refractivity contribution in [3.05, 3.63) is 216 Å². The lowest BCUT2D eigenvalue weighted by Gasteiger charge is -2.39. The van der Waals surface area contributed by atoms with Crippen LogP contribution >= 0.6 is 11.3 Å². The SMILES string of the molecule is c1ccc(-c2cc(-c3ccc4c(c3)sc3ccccc34)nc(-c3ccccc3-c3ccc4c(c3)C3(c5ccccc5O4)c4ccccc4-c4ccccc43)n2)cc1. The third-order valence-electron chi connectivity index (χ3n) is 11.8. The Hall–Kier alpha value is -7.14. The van der Waals surface area contributed by atoms with Crippen molar-refractivity contribution in [2.24, 2.45) is 0 Å². The zero-order valence-electron chi connectivity index (χ0n) is 30.7. The van der Waals surface area contributed by atoms with Crippen LogP contribution in [-0.4, -0.2) is 9.97 Å². The van der Waals surface area contributed by atoms with Crippen molar-refractivity contribution in [2.75, 3.05) is 0 Å². The van der Waals surface area contributed by atoms with Gasteiger partial charge in [0.15, 0.2) is 5.82 Å². The quantitative estimate of drug-likeness (QED) is 0.180. The first-order valence-electron chi connectivity index (χ1n) is 19.3. The average molecular weight is 745 g/mol. The third-order valence-corrected chi connectivity index (χ3v) is 12.9. The fourth-order valence-electron chi connectivity index (χ4n) is 9.31. The number of hydrogen-bond donors (Lipinski definition) is 0. The fraction of sp³-hybridized carbons (Fsp3) is 0.0189. The van der Waals surface area contributed by atoms with Crippen molar-refractivity contribution in [2.45, 2.75) is 5.41 Å². The van der Waals surface area contributed by atoms with E-state index in [2.05, 4.69) is 188 Å². The molecule has 0 saturated heterocycles. The van der Waals surface area contributed by atoms with E-state index in [1.54, 1.807) is 0 Å². The van der Waals surface area contributed by atoms with Gasteiger partial charge in [-0.2, -0.15) is 0 Å². The highest BCUT2D eigenvalue weighted by Gasteiger charge is 2.51. The van der Waals surface area contributed by atoms with Crippen molar-refractivity contribution < 1.29 is 4.74 Å². The molecule has 2 aliphatic rings. The first-order chi connectivity index (χ1) is 28.2. The van der Waals surface area contributed by atoms with Crippen LogP contribution in [0.3, 0.4) is 0 Å². The number of fused-ring (bicyclic) bond motifs is 12. The molecule has 0 atom stereocenters. The standard InChI is InChI=1S/C53H32N2OS/c1-2-14-33(15-3-1)46-32-47(35-26-28-40-39-19-8-13-25-50(39)57-51(40)31-35)55-52(54-46)41-20-5-4-16-36(41)34-27-29-49-45(30-34)53(44-23-11-12-24-48(44)56-49)42-21-9-6-17-37(42)38-18-7-10-22-43(38)53/h1-32H. The lowest BCUT2D eigenvalue weighted by molar-refractivity contribution is 0.436. The highest BCUT2D eigenvalue weighted by atomic mass is 32.1. The summed E-state index contributed by atoms with van der Waals surface area (Å²) in [6.07, 6.45) is 0. The molecule has 2 aromatic heterocycles. The smallest absolute Gasteiger partial charge is 0.161 e. The van der Waals surface area contributed by atoms with Crippen molar-refractivity contribution in [1.82, 2.24) is 9.97 Å². The zero-order chi connectivity index (χ0) is 37.5. The molecule has 3 nitrogen and oxygen atoms in total. The van der Waals surface area contributed by atoms with E-state index in [4.69, 9.17) is 14.7 Å². The van der Waals surface area contributed by atoms with Crippen LogP contribution in [0, 0.1) is 0 Å². The average Bonchev–Trinajstić information content (AvgIpc) is 3.80. The lowest BCUT2D eigenvalue weighted by atomic mass is 9.65. The van der Waals surface area contributed by atoms with Crippen molar-refractivity contribution >= 4 is 31.5 Å². The molecule has 0 unspecified atom stereocenters. The Kier molecular flexibility index (Phi) is 7.01. The van der Waals surface area contributed by atoms with E-state index < -0.39 is 5.41 Å². The van der Waals surface area contributed by atoms with Gasteiger partial charge in [0.25, 0.3) is 0 Å². The predicted octanol–water partition coefficient (Wildman–Crippen LogP) is 14.0. The molecule has 1 aliphatic carbocycles. The molecule has 1 aliphatic heterocycles. The van der Waals surface area contributed by atoms with Gasteiger partial charge in [-0.1, -0.05) is 158 Å². The number of nitrogens with zero attached hydrogens (tertiary/aromatic N) is 2. The molecular formula is C53H32N2OS. The van der Waals surface area contributed by atoms with E-state index in [1.807, 2.05) is 17.4 Å². The molecule has 0 bridgehead atoms. The van der Waals surface area contributed by atoms with Gasteiger partial charge < -0.3 is 4.74 Å². The summed E-state index contributed by atoms with van der Waals surface area (Å²) in [5.74, 6) is 2.43. The molecule has 0 amide bonds. The van der Waals surface area contributed by atoms with E-state index in [1.165, 1.54) is 42.4 Å². The minimum Gasteiger partial charge on any atom is -0.457 e. The van der Waals surface area contributed by atoms with Gasteiger partial charge in [0.05, 0.1) is 16.8 Å². The van der Waals surface area contributed by atoms with Crippen molar-refractivity contribution in [3.63, 3.8) is 0 Å². The normalized spacial score (nSPS) is 13.2. The van der Waals surface area contributed by atoms with Gasteiger partial charge in [-0.05, 0) is 69.8 Å². The number of para-hydroxylation sites is 1. The topological polar surface area (TPSA) is 35.0 Å². The molecular weight excluding hydrogens is 713 g/mol. The van der Waals surface area contributed by atoms with E-state index in [0.29, 0.717) is 5.82 Å². The van der Waals surface area contributed by atoms with Gasteiger partial charge >= 0.3 is 0 Å². The van der Waals surface area contributed by atoms with Crippen LogP contribution in [0.25, 0.3) is 76.3 Å². The summed E-state index contributed by atoms with van der Waals surface area (Å²) in [7, 11) is 0. The summed E-state index contributed by atoms with van der Waals surface area (Å²) in [6.45, 7) is 0. The number of hydrogen-bond acceptors (Lipinski definition) is 4. The number of ether oxygens (including phenoxy) is 1. The highest BCUT2D eigenvalue weighted by molar-refractivity contribution is 7.25. The Bertz CT molecular complexity index is 3190. The first-order valence-corrected chi connectivity index (χ1v) is 20.1. The van der Waals surface area contributed by atoms with Crippen molar-refractivity contribution in [3.8, 4) is 67.7 Å². The lowest BCUT2D eigenvalue weighted by Crippen LogP contribution is -2.32. The number of rotatable bonds is 4. The number of thiophene rings is 1. The second-order valence-electron chi connectivity index (χ2n) is 14.8. The molecule has 4 heteroatoms. The van der Waals surface area contributed by atoms with Gasteiger partial charge in [-0.3, -0.25) is 0 Å². The Morgan fingerprint density at radius 1 is 0.368 bits per heavy atom. The van der Waals surface area contributed by atoms with Crippen LogP contribution in [0.2, 0.25) is 0 Å². The highest BCUT2D eigenvalue weighted by Crippen LogP contribution is 2.62. The molecule has 266 valence electrons. The summed E-state index contributed by atoms with van der Waals surface area (Å²) in [5, 5.41) is 2.56. The molecule has 1 spiro atoms. The minimum atomic E-state index is -0.551. The van der Waals surface area contributed by atoms with Gasteiger partial charge in [-0.25, -0.2) is 9.97 Å². The van der Waals surface area contributed by atoms with E-state index >= 15 is 0 Å². The molecule has 8 aromatic carbocycles. The van der Waals surface area contributed by atoms with E-state index in [-0.39, 0.29) is 0 Å². The van der Waals surface area contributed by atoms with Crippen LogP contribution in [0.1, 0.15) is 22.3 Å².